The molecule has 1 aliphatic heterocycles. The van der Waals surface area contributed by atoms with Crippen LogP contribution < -0.4 is 5.32 Å². The lowest BCUT2D eigenvalue weighted by atomic mass is 9.82. The lowest BCUT2D eigenvalue weighted by molar-refractivity contribution is -0.132. The molecule has 1 N–H and O–H groups in total. The lowest BCUT2D eigenvalue weighted by Gasteiger charge is -2.29. The number of rotatable bonds is 2. The van der Waals surface area contributed by atoms with Gasteiger partial charge in [-0.15, -0.1) is 5.01 Å². The average Bonchev–Trinajstić information content (AvgIpc) is 2.70. The van der Waals surface area contributed by atoms with Crippen molar-refractivity contribution in [2.75, 3.05) is 0 Å². The van der Waals surface area contributed by atoms with Crippen molar-refractivity contribution in [1.29, 1.82) is 0 Å². The molecule has 6 heteroatoms. The maximum atomic E-state index is 12.4. The topological polar surface area (TPSA) is 74.7 Å². The third-order valence-corrected chi connectivity index (χ3v) is 3.88. The summed E-state index contributed by atoms with van der Waals surface area (Å²) in [6, 6.07) is 3.10. The summed E-state index contributed by atoms with van der Waals surface area (Å²) in [5, 5.41) is 7.79. The van der Waals surface area contributed by atoms with Crippen LogP contribution in [0, 0.1) is 0 Å². The number of pyridine rings is 1. The van der Waals surface area contributed by atoms with E-state index in [2.05, 4.69) is 15.4 Å². The monoisotopic (exact) mass is 272 g/mol. The Morgan fingerprint density at radius 2 is 1.90 bits per heavy atom. The van der Waals surface area contributed by atoms with Gasteiger partial charge in [0, 0.05) is 12.4 Å². The Bertz CT molecular complexity index is 550. The zero-order valence-electron chi connectivity index (χ0n) is 11.1. The molecule has 1 aromatic heterocycles. The summed E-state index contributed by atoms with van der Waals surface area (Å²) < 4.78 is 0. The number of imide groups is 1. The van der Waals surface area contributed by atoms with E-state index in [1.807, 2.05) is 0 Å². The standard InChI is InChI=1S/C14H16N4O2/c19-12-14(6-2-1-3-7-14)17-13(20)18(12)16-10-11-4-8-15-9-5-11/h4-5,8-10H,1-3,6-7H2,(H,17,20)/b16-10-. The Labute approximate surface area is 116 Å². The molecule has 3 amide bonds. The van der Waals surface area contributed by atoms with E-state index in [0.717, 1.165) is 29.8 Å². The van der Waals surface area contributed by atoms with Crippen LogP contribution in [0.15, 0.2) is 29.6 Å². The van der Waals surface area contributed by atoms with Crippen molar-refractivity contribution in [2.45, 2.75) is 37.6 Å². The summed E-state index contributed by atoms with van der Waals surface area (Å²) in [5.41, 5.74) is 0.0791. The van der Waals surface area contributed by atoms with Crippen LogP contribution in [0.4, 0.5) is 4.79 Å². The lowest BCUT2D eigenvalue weighted by Crippen LogP contribution is -2.48. The Balaban J connectivity index is 1.79. The first-order valence-corrected chi connectivity index (χ1v) is 6.82. The molecule has 0 bridgehead atoms. The number of aromatic nitrogens is 1. The number of hydrogen-bond donors (Lipinski definition) is 1. The highest BCUT2D eigenvalue weighted by Gasteiger charge is 2.51. The molecule has 0 radical (unpaired) electrons. The number of carbonyl (C=O) groups excluding carboxylic acids is 2. The van der Waals surface area contributed by atoms with Crippen LogP contribution in [0.1, 0.15) is 37.7 Å². The van der Waals surface area contributed by atoms with E-state index in [1.165, 1.54) is 6.21 Å². The van der Waals surface area contributed by atoms with Crippen molar-refractivity contribution in [3.8, 4) is 0 Å². The van der Waals surface area contributed by atoms with Gasteiger partial charge >= 0.3 is 6.03 Å². The molecule has 1 saturated carbocycles. The summed E-state index contributed by atoms with van der Waals surface area (Å²) in [4.78, 5) is 28.3. The van der Waals surface area contributed by atoms with E-state index in [-0.39, 0.29) is 5.91 Å². The number of nitrogens with one attached hydrogen (secondary N) is 1. The van der Waals surface area contributed by atoms with E-state index >= 15 is 0 Å². The van der Waals surface area contributed by atoms with Gasteiger partial charge in [0.2, 0.25) is 0 Å². The number of hydrazone groups is 1. The van der Waals surface area contributed by atoms with Gasteiger partial charge in [-0.1, -0.05) is 19.3 Å². The van der Waals surface area contributed by atoms with Crippen molar-refractivity contribution in [3.05, 3.63) is 30.1 Å². The molecule has 20 heavy (non-hydrogen) atoms. The highest BCUT2D eigenvalue weighted by atomic mass is 16.2. The quantitative estimate of drug-likeness (QED) is 0.657. The molecule has 2 heterocycles. The molecule has 1 aliphatic carbocycles. The second-order valence-electron chi connectivity index (χ2n) is 5.21. The average molecular weight is 272 g/mol. The number of urea groups is 1. The smallest absolute Gasteiger partial charge is 0.321 e. The van der Waals surface area contributed by atoms with Crippen molar-refractivity contribution >= 4 is 18.2 Å². The highest BCUT2D eigenvalue weighted by molar-refractivity contribution is 6.07. The van der Waals surface area contributed by atoms with Gasteiger partial charge in [-0.05, 0) is 30.5 Å². The van der Waals surface area contributed by atoms with Gasteiger partial charge in [-0.2, -0.15) is 5.10 Å². The minimum Gasteiger partial charge on any atom is -0.321 e. The van der Waals surface area contributed by atoms with Gasteiger partial charge in [0.25, 0.3) is 5.91 Å². The molecule has 2 fully saturated rings. The fourth-order valence-corrected chi connectivity index (χ4v) is 2.78. The Morgan fingerprint density at radius 3 is 2.60 bits per heavy atom. The minimum atomic E-state index is -0.717. The first kappa shape index (κ1) is 12.8. The van der Waals surface area contributed by atoms with Crippen molar-refractivity contribution in [3.63, 3.8) is 0 Å². The Kier molecular flexibility index (Phi) is 3.22. The first-order chi connectivity index (χ1) is 9.71. The van der Waals surface area contributed by atoms with E-state index in [0.29, 0.717) is 12.8 Å². The second-order valence-corrected chi connectivity index (χ2v) is 5.21. The molecular weight excluding hydrogens is 256 g/mol. The number of nitrogens with zero attached hydrogens (tertiary/aromatic N) is 3. The molecule has 0 atom stereocenters. The molecule has 1 saturated heterocycles. The minimum absolute atomic E-state index is 0.229. The predicted molar refractivity (Wildman–Crippen MR) is 73.0 cm³/mol. The van der Waals surface area contributed by atoms with Crippen LogP contribution in [0.25, 0.3) is 0 Å². The van der Waals surface area contributed by atoms with E-state index in [9.17, 15) is 9.59 Å². The molecule has 1 spiro atoms. The van der Waals surface area contributed by atoms with Gasteiger partial charge in [-0.25, -0.2) is 4.79 Å². The molecule has 6 nitrogen and oxygen atoms in total. The SMILES string of the molecule is O=C1NC2(CCCCC2)C(=O)N1/N=C\c1ccncc1. The molecular formula is C14H16N4O2. The van der Waals surface area contributed by atoms with Crippen LogP contribution in [0.3, 0.4) is 0 Å². The summed E-state index contributed by atoms with van der Waals surface area (Å²) in [5.74, 6) is -0.229. The normalized spacial score (nSPS) is 21.7. The summed E-state index contributed by atoms with van der Waals surface area (Å²) in [6.45, 7) is 0. The zero-order valence-corrected chi connectivity index (χ0v) is 11.1. The summed E-state index contributed by atoms with van der Waals surface area (Å²) in [6.07, 6.45) is 9.23. The number of hydrogen-bond acceptors (Lipinski definition) is 4. The summed E-state index contributed by atoms with van der Waals surface area (Å²) >= 11 is 0. The molecule has 0 unspecified atom stereocenters. The van der Waals surface area contributed by atoms with Crippen LogP contribution in [-0.4, -0.2) is 33.7 Å². The van der Waals surface area contributed by atoms with Gasteiger partial charge < -0.3 is 5.32 Å². The van der Waals surface area contributed by atoms with E-state index in [1.54, 1.807) is 24.5 Å². The zero-order chi connectivity index (χ0) is 14.0. The first-order valence-electron chi connectivity index (χ1n) is 6.82. The van der Waals surface area contributed by atoms with Crippen LogP contribution in [0.2, 0.25) is 0 Å². The summed E-state index contributed by atoms with van der Waals surface area (Å²) in [7, 11) is 0. The molecule has 0 aromatic carbocycles. The van der Waals surface area contributed by atoms with Crippen molar-refractivity contribution in [1.82, 2.24) is 15.3 Å². The molecule has 104 valence electrons. The fraction of sp³-hybridized carbons (Fsp3) is 0.429. The molecule has 3 rings (SSSR count). The van der Waals surface area contributed by atoms with E-state index < -0.39 is 11.6 Å². The van der Waals surface area contributed by atoms with Crippen molar-refractivity contribution < 1.29 is 9.59 Å². The third-order valence-electron chi connectivity index (χ3n) is 3.88. The van der Waals surface area contributed by atoms with Gasteiger partial charge in [0.05, 0.1) is 6.21 Å². The Morgan fingerprint density at radius 1 is 1.20 bits per heavy atom. The fourth-order valence-electron chi connectivity index (χ4n) is 2.78. The van der Waals surface area contributed by atoms with E-state index in [4.69, 9.17) is 0 Å². The molecule has 1 aromatic rings. The molecule has 2 aliphatic rings. The van der Waals surface area contributed by atoms with Gasteiger partial charge in [-0.3, -0.25) is 9.78 Å². The number of amides is 3. The largest absolute Gasteiger partial charge is 0.346 e. The third kappa shape index (κ3) is 2.17. The van der Waals surface area contributed by atoms with Gasteiger partial charge in [0.15, 0.2) is 0 Å². The van der Waals surface area contributed by atoms with Crippen LogP contribution in [-0.2, 0) is 4.79 Å². The Hall–Kier alpha value is -2.24. The van der Waals surface area contributed by atoms with Gasteiger partial charge in [0.1, 0.15) is 5.54 Å². The maximum Gasteiger partial charge on any atom is 0.346 e. The van der Waals surface area contributed by atoms with Crippen LogP contribution in [0.5, 0.6) is 0 Å². The predicted octanol–water partition coefficient (Wildman–Crippen LogP) is 1.67. The maximum absolute atomic E-state index is 12.4. The highest BCUT2D eigenvalue weighted by Crippen LogP contribution is 2.33. The van der Waals surface area contributed by atoms with Crippen LogP contribution >= 0.6 is 0 Å². The second kappa shape index (κ2) is 5.03. The van der Waals surface area contributed by atoms with Crippen molar-refractivity contribution in [2.24, 2.45) is 5.10 Å². The number of carbonyl (C=O) groups is 2.